The van der Waals surface area contributed by atoms with E-state index in [0.717, 1.165) is 11.3 Å². The molecule has 0 atom stereocenters. The molecular formula is C20H18N4O5. The van der Waals surface area contributed by atoms with Gasteiger partial charge in [0.2, 0.25) is 17.6 Å². The second-order valence-electron chi connectivity index (χ2n) is 6.24. The van der Waals surface area contributed by atoms with E-state index in [9.17, 15) is 9.59 Å². The fraction of sp³-hybridized carbons (Fsp3) is 0.200. The number of nitrogens with zero attached hydrogens (tertiary/aromatic N) is 2. The number of fused-ring (bicyclic) bond motifs is 1. The summed E-state index contributed by atoms with van der Waals surface area (Å²) in [6.07, 6.45) is 0.478. The van der Waals surface area contributed by atoms with Gasteiger partial charge >= 0.3 is 5.76 Å². The number of aromatic nitrogens is 3. The molecule has 0 fully saturated rings. The third-order valence-corrected chi connectivity index (χ3v) is 4.16. The molecule has 0 bridgehead atoms. The van der Waals surface area contributed by atoms with Gasteiger partial charge in [-0.3, -0.25) is 9.78 Å². The highest BCUT2D eigenvalue weighted by atomic mass is 16.5. The number of carbonyl (C=O) groups is 1. The second kappa shape index (κ2) is 8.01. The van der Waals surface area contributed by atoms with Crippen LogP contribution in [-0.4, -0.2) is 27.6 Å². The number of rotatable bonds is 7. The molecule has 4 rings (SSSR count). The summed E-state index contributed by atoms with van der Waals surface area (Å²) >= 11 is 0. The summed E-state index contributed by atoms with van der Waals surface area (Å²) in [6, 6.07) is 12.3. The first-order valence-corrected chi connectivity index (χ1v) is 9.09. The van der Waals surface area contributed by atoms with E-state index in [-0.39, 0.29) is 12.3 Å². The van der Waals surface area contributed by atoms with Crippen LogP contribution >= 0.6 is 0 Å². The average molecular weight is 394 g/mol. The van der Waals surface area contributed by atoms with Crippen LogP contribution in [0.3, 0.4) is 0 Å². The van der Waals surface area contributed by atoms with Crippen molar-refractivity contribution in [2.75, 3.05) is 11.9 Å². The highest BCUT2D eigenvalue weighted by Gasteiger charge is 2.12. The number of oxazole rings is 1. The number of hydrogen-bond donors (Lipinski definition) is 2. The van der Waals surface area contributed by atoms with Crippen LogP contribution < -0.4 is 15.8 Å². The fourth-order valence-electron chi connectivity index (χ4n) is 2.81. The Hall–Kier alpha value is -3.88. The molecule has 0 unspecified atom stereocenters. The van der Waals surface area contributed by atoms with Gasteiger partial charge in [-0.15, -0.1) is 0 Å². The van der Waals surface area contributed by atoms with Crippen molar-refractivity contribution in [2.45, 2.75) is 19.8 Å². The van der Waals surface area contributed by atoms with Crippen LogP contribution in [0, 0.1) is 0 Å². The minimum Gasteiger partial charge on any atom is -0.494 e. The van der Waals surface area contributed by atoms with Crippen molar-refractivity contribution >= 4 is 22.7 Å². The zero-order valence-electron chi connectivity index (χ0n) is 15.6. The molecule has 4 aromatic rings. The third kappa shape index (κ3) is 4.34. The summed E-state index contributed by atoms with van der Waals surface area (Å²) in [6.45, 7) is 2.52. The summed E-state index contributed by atoms with van der Waals surface area (Å²) in [5, 5.41) is 6.72. The number of aromatic amines is 1. The van der Waals surface area contributed by atoms with E-state index >= 15 is 0 Å². The summed E-state index contributed by atoms with van der Waals surface area (Å²) in [5.74, 6) is 0.852. The monoisotopic (exact) mass is 394 g/mol. The predicted molar refractivity (Wildman–Crippen MR) is 105 cm³/mol. The molecule has 0 saturated heterocycles. The third-order valence-electron chi connectivity index (χ3n) is 4.16. The van der Waals surface area contributed by atoms with Gasteiger partial charge in [0, 0.05) is 24.1 Å². The number of benzene rings is 2. The Labute approximate surface area is 164 Å². The molecule has 1 amide bonds. The molecule has 9 nitrogen and oxygen atoms in total. The van der Waals surface area contributed by atoms with Gasteiger partial charge in [0.15, 0.2) is 5.58 Å². The first-order valence-electron chi connectivity index (χ1n) is 9.09. The zero-order valence-corrected chi connectivity index (χ0v) is 15.6. The van der Waals surface area contributed by atoms with E-state index in [1.807, 2.05) is 31.2 Å². The van der Waals surface area contributed by atoms with Crippen LogP contribution in [-0.2, 0) is 11.2 Å². The SMILES string of the molecule is CCOc1ccc(-c2noc(CCC(=O)Nc3ccc4oc(=O)[nH]c4c3)n2)cc1. The maximum Gasteiger partial charge on any atom is 0.417 e. The van der Waals surface area contributed by atoms with Crippen LogP contribution in [0.4, 0.5) is 5.69 Å². The zero-order chi connectivity index (χ0) is 20.2. The Balaban J connectivity index is 1.34. The molecule has 29 heavy (non-hydrogen) atoms. The van der Waals surface area contributed by atoms with E-state index in [2.05, 4.69) is 20.4 Å². The van der Waals surface area contributed by atoms with Gasteiger partial charge in [-0.2, -0.15) is 4.98 Å². The van der Waals surface area contributed by atoms with Crippen molar-refractivity contribution in [2.24, 2.45) is 0 Å². The Morgan fingerprint density at radius 2 is 2.03 bits per heavy atom. The predicted octanol–water partition coefficient (Wildman–Crippen LogP) is 3.14. The lowest BCUT2D eigenvalue weighted by molar-refractivity contribution is -0.116. The average Bonchev–Trinajstić information content (AvgIpc) is 3.33. The van der Waals surface area contributed by atoms with E-state index in [1.165, 1.54) is 0 Å². The van der Waals surface area contributed by atoms with Gasteiger partial charge in [-0.25, -0.2) is 4.79 Å². The molecular weight excluding hydrogens is 376 g/mol. The van der Waals surface area contributed by atoms with Crippen molar-refractivity contribution in [3.63, 3.8) is 0 Å². The Morgan fingerprint density at radius 1 is 1.21 bits per heavy atom. The minimum absolute atomic E-state index is 0.171. The van der Waals surface area contributed by atoms with Crippen molar-refractivity contribution in [1.29, 1.82) is 0 Å². The van der Waals surface area contributed by atoms with Crippen molar-refractivity contribution in [3.05, 3.63) is 58.9 Å². The molecule has 0 saturated carbocycles. The van der Waals surface area contributed by atoms with E-state index in [0.29, 0.717) is 41.5 Å². The molecule has 0 radical (unpaired) electrons. The fourth-order valence-corrected chi connectivity index (χ4v) is 2.81. The molecule has 2 aromatic carbocycles. The molecule has 2 heterocycles. The van der Waals surface area contributed by atoms with E-state index in [1.54, 1.807) is 18.2 Å². The summed E-state index contributed by atoms with van der Waals surface area (Å²) in [4.78, 5) is 30.3. The number of hydrogen-bond acceptors (Lipinski definition) is 7. The van der Waals surface area contributed by atoms with Crippen molar-refractivity contribution in [1.82, 2.24) is 15.1 Å². The smallest absolute Gasteiger partial charge is 0.417 e. The second-order valence-corrected chi connectivity index (χ2v) is 6.24. The molecule has 0 spiro atoms. The largest absolute Gasteiger partial charge is 0.494 e. The number of H-pyrrole nitrogens is 1. The number of anilines is 1. The minimum atomic E-state index is -0.539. The summed E-state index contributed by atoms with van der Waals surface area (Å²) < 4.78 is 15.6. The quantitative estimate of drug-likeness (QED) is 0.493. The maximum absolute atomic E-state index is 12.2. The van der Waals surface area contributed by atoms with Crippen LogP contribution in [0.25, 0.3) is 22.5 Å². The molecule has 2 aromatic heterocycles. The van der Waals surface area contributed by atoms with Crippen molar-refractivity contribution in [3.8, 4) is 17.1 Å². The topological polar surface area (TPSA) is 123 Å². The van der Waals surface area contributed by atoms with Gasteiger partial charge in [-0.1, -0.05) is 5.16 Å². The highest BCUT2D eigenvalue weighted by Crippen LogP contribution is 2.20. The number of ether oxygens (including phenoxy) is 1. The van der Waals surface area contributed by atoms with Crippen LogP contribution in [0.2, 0.25) is 0 Å². The van der Waals surface area contributed by atoms with Gasteiger partial charge in [-0.05, 0) is 49.4 Å². The van der Waals surface area contributed by atoms with E-state index < -0.39 is 5.76 Å². The lowest BCUT2D eigenvalue weighted by Gasteiger charge is -2.03. The Kier molecular flexibility index (Phi) is 5.10. The van der Waals surface area contributed by atoms with Gasteiger partial charge in [0.25, 0.3) is 0 Å². The summed E-state index contributed by atoms with van der Waals surface area (Å²) in [7, 11) is 0. The molecule has 0 aliphatic rings. The van der Waals surface area contributed by atoms with Gasteiger partial charge in [0.1, 0.15) is 5.75 Å². The first-order chi connectivity index (χ1) is 14.1. The number of nitrogens with one attached hydrogen (secondary N) is 2. The number of carbonyl (C=O) groups excluding carboxylic acids is 1. The Bertz CT molecular complexity index is 1190. The molecule has 148 valence electrons. The lowest BCUT2D eigenvalue weighted by atomic mass is 10.2. The normalized spacial score (nSPS) is 10.9. The lowest BCUT2D eigenvalue weighted by Crippen LogP contribution is -2.12. The summed E-state index contributed by atoms with van der Waals surface area (Å²) in [5.41, 5.74) is 2.31. The Morgan fingerprint density at radius 3 is 2.83 bits per heavy atom. The van der Waals surface area contributed by atoms with E-state index in [4.69, 9.17) is 13.7 Å². The van der Waals surface area contributed by atoms with Crippen molar-refractivity contribution < 1.29 is 18.5 Å². The van der Waals surface area contributed by atoms with Crippen LogP contribution in [0.5, 0.6) is 5.75 Å². The van der Waals surface area contributed by atoms with Crippen LogP contribution in [0.1, 0.15) is 19.2 Å². The number of aryl methyl sites for hydroxylation is 1. The highest BCUT2D eigenvalue weighted by molar-refractivity contribution is 5.92. The maximum atomic E-state index is 12.2. The molecule has 0 aliphatic carbocycles. The van der Waals surface area contributed by atoms with Gasteiger partial charge < -0.3 is 19.0 Å². The number of amides is 1. The molecule has 0 aliphatic heterocycles. The van der Waals surface area contributed by atoms with Crippen LogP contribution in [0.15, 0.2) is 56.2 Å². The van der Waals surface area contributed by atoms with Gasteiger partial charge in [0.05, 0.1) is 12.1 Å². The first kappa shape index (κ1) is 18.5. The molecule has 2 N–H and O–H groups in total. The molecule has 9 heteroatoms. The standard InChI is InChI=1S/C20H18N4O5/c1-2-27-14-6-3-12(4-7-14)19-23-18(29-24-19)10-9-17(25)21-13-5-8-16-15(11-13)22-20(26)28-16/h3-8,11H,2,9-10H2,1H3,(H,21,25)(H,22,26).